The van der Waals surface area contributed by atoms with Crippen molar-refractivity contribution in [1.82, 2.24) is 15.1 Å². The summed E-state index contributed by atoms with van der Waals surface area (Å²) < 4.78 is 1.78. The Morgan fingerprint density at radius 2 is 1.83 bits per heavy atom. The number of nitrogens with one attached hydrogen (secondary N) is 1. The molecule has 0 bridgehead atoms. The average Bonchev–Trinajstić information content (AvgIpc) is 3.04. The highest BCUT2D eigenvalue weighted by Gasteiger charge is 2.11. The summed E-state index contributed by atoms with van der Waals surface area (Å²) in [5.74, 6) is -0.00399. The molecule has 0 spiro atoms. The number of benzene rings is 2. The second kappa shape index (κ2) is 7.13. The lowest BCUT2D eigenvalue weighted by Crippen LogP contribution is -2.28. The molecule has 1 N–H and O–H groups in total. The Balaban J connectivity index is 1.61. The zero-order valence-corrected chi connectivity index (χ0v) is 13.9. The van der Waals surface area contributed by atoms with Crippen LogP contribution < -0.4 is 5.32 Å². The molecule has 1 amide bonds. The van der Waals surface area contributed by atoms with Gasteiger partial charge < -0.3 is 5.32 Å². The highest BCUT2D eigenvalue weighted by molar-refractivity contribution is 5.78. The second-order valence-corrected chi connectivity index (χ2v) is 6.01. The highest BCUT2D eigenvalue weighted by Crippen LogP contribution is 2.14. The minimum atomic E-state index is -0.0118. The first-order valence-corrected chi connectivity index (χ1v) is 8.07. The number of hydrogen-bond acceptors (Lipinski definition) is 2. The van der Waals surface area contributed by atoms with Crippen molar-refractivity contribution in [3.05, 3.63) is 83.7 Å². The molecule has 0 aliphatic carbocycles. The van der Waals surface area contributed by atoms with Crippen LogP contribution in [0.4, 0.5) is 0 Å². The van der Waals surface area contributed by atoms with E-state index in [0.717, 1.165) is 16.8 Å². The fourth-order valence-corrected chi connectivity index (χ4v) is 2.59. The van der Waals surface area contributed by atoms with Crippen molar-refractivity contribution in [3.63, 3.8) is 0 Å². The maximum Gasteiger partial charge on any atom is 0.225 e. The summed E-state index contributed by atoms with van der Waals surface area (Å²) in [7, 11) is 0. The van der Waals surface area contributed by atoms with E-state index in [0.29, 0.717) is 6.42 Å². The molecule has 1 heterocycles. The van der Waals surface area contributed by atoms with Gasteiger partial charge in [0.1, 0.15) is 0 Å². The van der Waals surface area contributed by atoms with Crippen molar-refractivity contribution in [1.29, 1.82) is 0 Å². The summed E-state index contributed by atoms with van der Waals surface area (Å²) in [4.78, 5) is 12.3. The van der Waals surface area contributed by atoms with E-state index >= 15 is 0 Å². The summed E-state index contributed by atoms with van der Waals surface area (Å²) in [6.45, 7) is 4.05. The van der Waals surface area contributed by atoms with Crippen LogP contribution in [0, 0.1) is 6.92 Å². The van der Waals surface area contributed by atoms with Crippen molar-refractivity contribution in [3.8, 4) is 5.69 Å². The van der Waals surface area contributed by atoms with Crippen LogP contribution in [0.1, 0.15) is 29.7 Å². The van der Waals surface area contributed by atoms with Gasteiger partial charge in [-0.3, -0.25) is 4.79 Å². The van der Waals surface area contributed by atoms with Crippen LogP contribution >= 0.6 is 0 Å². The zero-order chi connectivity index (χ0) is 16.9. The quantitative estimate of drug-likeness (QED) is 0.781. The van der Waals surface area contributed by atoms with E-state index in [1.165, 1.54) is 5.56 Å². The third-order valence-electron chi connectivity index (χ3n) is 3.98. The first kappa shape index (κ1) is 16.0. The van der Waals surface area contributed by atoms with Gasteiger partial charge in [-0.1, -0.05) is 48.0 Å². The number of hydrogen-bond donors (Lipinski definition) is 1. The fraction of sp³-hybridized carbons (Fsp3) is 0.200. The number of carbonyl (C=O) groups is 1. The predicted molar refractivity (Wildman–Crippen MR) is 95.0 cm³/mol. The van der Waals surface area contributed by atoms with Gasteiger partial charge in [0, 0.05) is 6.20 Å². The average molecular weight is 319 g/mol. The lowest BCUT2D eigenvalue weighted by Gasteiger charge is -2.14. The Kier molecular flexibility index (Phi) is 4.75. The van der Waals surface area contributed by atoms with Crippen molar-refractivity contribution in [2.75, 3.05) is 0 Å². The Labute approximate surface area is 142 Å². The molecular formula is C20H21N3O. The van der Waals surface area contributed by atoms with Gasteiger partial charge in [0.2, 0.25) is 5.91 Å². The molecule has 4 nitrogen and oxygen atoms in total. The van der Waals surface area contributed by atoms with Gasteiger partial charge >= 0.3 is 0 Å². The molecule has 1 aromatic heterocycles. The fourth-order valence-electron chi connectivity index (χ4n) is 2.59. The number of carbonyl (C=O) groups excluding carboxylic acids is 1. The SMILES string of the molecule is Cc1ccc(C(C)NC(=O)Cc2cnn(-c3ccccc3)c2)cc1. The van der Waals surface area contributed by atoms with Gasteiger partial charge in [0.15, 0.2) is 0 Å². The van der Waals surface area contributed by atoms with Crippen molar-refractivity contribution >= 4 is 5.91 Å². The lowest BCUT2D eigenvalue weighted by atomic mass is 10.1. The number of aryl methyl sites for hydroxylation is 1. The molecule has 24 heavy (non-hydrogen) atoms. The molecule has 0 saturated heterocycles. The maximum atomic E-state index is 12.3. The molecule has 1 atom stereocenters. The van der Waals surface area contributed by atoms with Crippen LogP contribution in [-0.2, 0) is 11.2 Å². The normalized spacial score (nSPS) is 11.9. The Hall–Kier alpha value is -2.88. The molecule has 2 aromatic carbocycles. The predicted octanol–water partition coefficient (Wildman–Crippen LogP) is 3.60. The number of para-hydroxylation sites is 1. The number of rotatable bonds is 5. The van der Waals surface area contributed by atoms with E-state index in [1.807, 2.05) is 55.6 Å². The summed E-state index contributed by atoms with van der Waals surface area (Å²) >= 11 is 0. The standard InChI is InChI=1S/C20H21N3O/c1-15-8-10-18(11-9-15)16(2)22-20(24)12-17-13-21-23(14-17)19-6-4-3-5-7-19/h3-11,13-14,16H,12H2,1-2H3,(H,22,24). The summed E-state index contributed by atoms with van der Waals surface area (Å²) in [5.41, 5.74) is 4.20. The van der Waals surface area contributed by atoms with Crippen LogP contribution in [0.25, 0.3) is 5.69 Å². The topological polar surface area (TPSA) is 46.9 Å². The van der Waals surface area contributed by atoms with E-state index in [9.17, 15) is 4.79 Å². The minimum Gasteiger partial charge on any atom is -0.349 e. The molecule has 0 saturated carbocycles. The largest absolute Gasteiger partial charge is 0.349 e. The first-order chi connectivity index (χ1) is 11.6. The smallest absolute Gasteiger partial charge is 0.225 e. The third-order valence-corrected chi connectivity index (χ3v) is 3.98. The van der Waals surface area contributed by atoms with Crippen molar-refractivity contribution < 1.29 is 4.79 Å². The summed E-state index contributed by atoms with van der Waals surface area (Å²) in [6, 6.07) is 18.1. The third kappa shape index (κ3) is 3.90. The molecule has 0 radical (unpaired) electrons. The molecule has 122 valence electrons. The van der Waals surface area contributed by atoms with Gasteiger partial charge in [0.05, 0.1) is 24.3 Å². The number of nitrogens with zero attached hydrogens (tertiary/aromatic N) is 2. The molecule has 4 heteroatoms. The molecule has 3 rings (SSSR count). The lowest BCUT2D eigenvalue weighted by molar-refractivity contribution is -0.121. The zero-order valence-electron chi connectivity index (χ0n) is 13.9. The Bertz CT molecular complexity index is 806. The Morgan fingerprint density at radius 3 is 2.54 bits per heavy atom. The molecule has 0 fully saturated rings. The summed E-state index contributed by atoms with van der Waals surface area (Å²) in [5, 5.41) is 7.36. The van der Waals surface area contributed by atoms with Gasteiger partial charge in [-0.2, -0.15) is 5.10 Å². The second-order valence-electron chi connectivity index (χ2n) is 6.01. The number of aromatic nitrogens is 2. The molecule has 0 aliphatic heterocycles. The van der Waals surface area contributed by atoms with Crippen LogP contribution in [-0.4, -0.2) is 15.7 Å². The maximum absolute atomic E-state index is 12.3. The van der Waals surface area contributed by atoms with E-state index in [1.54, 1.807) is 10.9 Å². The first-order valence-electron chi connectivity index (χ1n) is 8.07. The van der Waals surface area contributed by atoms with Crippen molar-refractivity contribution in [2.24, 2.45) is 0 Å². The van der Waals surface area contributed by atoms with Crippen LogP contribution in [0.2, 0.25) is 0 Å². The van der Waals surface area contributed by atoms with Crippen LogP contribution in [0.5, 0.6) is 0 Å². The van der Waals surface area contributed by atoms with E-state index in [2.05, 4.69) is 29.5 Å². The Morgan fingerprint density at radius 1 is 1.12 bits per heavy atom. The van der Waals surface area contributed by atoms with E-state index in [-0.39, 0.29) is 11.9 Å². The van der Waals surface area contributed by atoms with Gasteiger partial charge in [-0.05, 0) is 37.1 Å². The molecule has 3 aromatic rings. The van der Waals surface area contributed by atoms with E-state index < -0.39 is 0 Å². The van der Waals surface area contributed by atoms with Gasteiger partial charge in [0.25, 0.3) is 0 Å². The minimum absolute atomic E-state index is 0.00399. The summed E-state index contributed by atoms with van der Waals surface area (Å²) in [6.07, 6.45) is 3.96. The molecule has 0 aliphatic rings. The van der Waals surface area contributed by atoms with Gasteiger partial charge in [-0.25, -0.2) is 4.68 Å². The monoisotopic (exact) mass is 319 g/mol. The molecule has 1 unspecified atom stereocenters. The van der Waals surface area contributed by atoms with Gasteiger partial charge in [-0.15, -0.1) is 0 Å². The van der Waals surface area contributed by atoms with Crippen molar-refractivity contribution in [2.45, 2.75) is 26.3 Å². The molecular weight excluding hydrogens is 298 g/mol. The number of amides is 1. The van der Waals surface area contributed by atoms with E-state index in [4.69, 9.17) is 0 Å². The highest BCUT2D eigenvalue weighted by atomic mass is 16.1. The van der Waals surface area contributed by atoms with Crippen LogP contribution in [0.3, 0.4) is 0 Å². The van der Waals surface area contributed by atoms with Crippen LogP contribution in [0.15, 0.2) is 67.0 Å².